The van der Waals surface area contributed by atoms with Crippen LogP contribution in [0.15, 0.2) is 30.3 Å². The lowest BCUT2D eigenvalue weighted by Gasteiger charge is -2.62. The monoisotopic (exact) mass is 274 g/mol. The van der Waals surface area contributed by atoms with E-state index in [1.807, 2.05) is 0 Å². The third-order valence-corrected chi connectivity index (χ3v) is 4.90. The van der Waals surface area contributed by atoms with Crippen molar-refractivity contribution in [2.75, 3.05) is 24.5 Å². The Kier molecular flexibility index (Phi) is 3.90. The van der Waals surface area contributed by atoms with Crippen LogP contribution in [-0.2, 0) is 0 Å². The summed E-state index contributed by atoms with van der Waals surface area (Å²) in [6.45, 7) is 17.4. The van der Waals surface area contributed by atoms with Gasteiger partial charge in [-0.25, -0.2) is 0 Å². The molecule has 0 aromatic heterocycles. The van der Waals surface area contributed by atoms with Crippen LogP contribution in [0.1, 0.15) is 41.5 Å². The standard InChI is InChI=1S/C18H30N2/c1-16(2,3)18(17(4,5)6)14-19-12-13-20(18)15-10-8-7-9-11-15/h7-11,19H,12-14H2,1-6H3. The van der Waals surface area contributed by atoms with Crippen molar-refractivity contribution in [1.29, 1.82) is 0 Å². The van der Waals surface area contributed by atoms with Gasteiger partial charge in [0.2, 0.25) is 0 Å². The van der Waals surface area contributed by atoms with Crippen LogP contribution < -0.4 is 10.2 Å². The average Bonchev–Trinajstić information content (AvgIpc) is 2.37. The normalized spacial score (nSPS) is 20.0. The SMILES string of the molecule is CC(C)(C)C1(C(C)(C)C)CNCCN1c1ccccc1. The molecule has 0 aliphatic carbocycles. The second-order valence-corrected chi connectivity index (χ2v) is 8.02. The van der Waals surface area contributed by atoms with E-state index in [4.69, 9.17) is 0 Å². The molecule has 2 nitrogen and oxygen atoms in total. The Morgan fingerprint density at radius 3 is 2.00 bits per heavy atom. The minimum atomic E-state index is 0.0968. The fourth-order valence-corrected chi connectivity index (χ4v) is 4.17. The van der Waals surface area contributed by atoms with E-state index in [0.717, 1.165) is 19.6 Å². The first-order valence-electron chi connectivity index (χ1n) is 7.73. The van der Waals surface area contributed by atoms with Gasteiger partial charge in [0.05, 0.1) is 5.54 Å². The van der Waals surface area contributed by atoms with Gasteiger partial charge < -0.3 is 10.2 Å². The van der Waals surface area contributed by atoms with E-state index in [1.165, 1.54) is 5.69 Å². The molecule has 0 amide bonds. The highest BCUT2D eigenvalue weighted by atomic mass is 15.3. The minimum absolute atomic E-state index is 0.0968. The summed E-state index contributed by atoms with van der Waals surface area (Å²) >= 11 is 0. The van der Waals surface area contributed by atoms with E-state index in [1.54, 1.807) is 0 Å². The molecule has 1 aliphatic heterocycles. The molecule has 2 rings (SSSR count). The predicted octanol–water partition coefficient (Wildman–Crippen LogP) is 3.93. The molecule has 1 saturated heterocycles. The highest BCUT2D eigenvalue weighted by Gasteiger charge is 2.55. The smallest absolute Gasteiger partial charge is 0.0622 e. The third-order valence-electron chi connectivity index (χ3n) is 4.90. The van der Waals surface area contributed by atoms with Gasteiger partial charge in [-0.05, 0) is 23.0 Å². The number of hydrogen-bond donors (Lipinski definition) is 1. The molecular weight excluding hydrogens is 244 g/mol. The zero-order valence-corrected chi connectivity index (χ0v) is 14.0. The Bertz CT molecular complexity index is 423. The van der Waals surface area contributed by atoms with Gasteiger partial charge in [-0.2, -0.15) is 0 Å². The predicted molar refractivity (Wildman–Crippen MR) is 88.3 cm³/mol. The average molecular weight is 274 g/mol. The quantitative estimate of drug-likeness (QED) is 0.835. The van der Waals surface area contributed by atoms with Crippen molar-refractivity contribution < 1.29 is 0 Å². The fraction of sp³-hybridized carbons (Fsp3) is 0.667. The largest absolute Gasteiger partial charge is 0.362 e. The molecule has 1 aromatic carbocycles. The van der Waals surface area contributed by atoms with Crippen LogP contribution >= 0.6 is 0 Å². The molecule has 1 fully saturated rings. The second kappa shape index (κ2) is 5.07. The van der Waals surface area contributed by atoms with Gasteiger partial charge in [0.15, 0.2) is 0 Å². The number of hydrogen-bond acceptors (Lipinski definition) is 2. The van der Waals surface area contributed by atoms with Gasteiger partial charge in [0, 0.05) is 25.3 Å². The highest BCUT2D eigenvalue weighted by Crippen LogP contribution is 2.50. The number of nitrogens with one attached hydrogen (secondary N) is 1. The van der Waals surface area contributed by atoms with Gasteiger partial charge in [-0.3, -0.25) is 0 Å². The summed E-state index contributed by atoms with van der Waals surface area (Å²) in [5.74, 6) is 0. The maximum Gasteiger partial charge on any atom is 0.0622 e. The molecule has 1 aliphatic rings. The summed E-state index contributed by atoms with van der Waals surface area (Å²) in [6, 6.07) is 10.9. The maximum absolute atomic E-state index is 3.65. The molecule has 0 radical (unpaired) electrons. The summed E-state index contributed by atoms with van der Waals surface area (Å²) in [5.41, 5.74) is 1.82. The van der Waals surface area contributed by atoms with Crippen LogP contribution in [0.2, 0.25) is 0 Å². The van der Waals surface area contributed by atoms with Crippen LogP contribution in [0.3, 0.4) is 0 Å². The Hall–Kier alpha value is -1.02. The first-order chi connectivity index (χ1) is 9.20. The van der Waals surface area contributed by atoms with Gasteiger partial charge in [-0.15, -0.1) is 0 Å². The van der Waals surface area contributed by atoms with Gasteiger partial charge >= 0.3 is 0 Å². The van der Waals surface area contributed by atoms with Crippen molar-refractivity contribution in [3.05, 3.63) is 30.3 Å². The molecule has 0 bridgehead atoms. The van der Waals surface area contributed by atoms with Crippen LogP contribution in [0.5, 0.6) is 0 Å². The van der Waals surface area contributed by atoms with Gasteiger partial charge in [-0.1, -0.05) is 59.7 Å². The molecule has 1 heterocycles. The summed E-state index contributed by atoms with van der Waals surface area (Å²) in [5, 5.41) is 3.65. The second-order valence-electron chi connectivity index (χ2n) is 8.02. The molecule has 1 N–H and O–H groups in total. The zero-order valence-electron chi connectivity index (χ0n) is 14.0. The number of piperazine rings is 1. The van der Waals surface area contributed by atoms with Crippen LogP contribution in [0.4, 0.5) is 5.69 Å². The van der Waals surface area contributed by atoms with Crippen molar-refractivity contribution in [2.24, 2.45) is 10.8 Å². The Morgan fingerprint density at radius 2 is 1.50 bits per heavy atom. The lowest BCUT2D eigenvalue weighted by Crippen LogP contribution is -2.73. The Labute approximate surface area is 124 Å². The Balaban J connectivity index is 2.57. The van der Waals surface area contributed by atoms with E-state index >= 15 is 0 Å². The van der Waals surface area contributed by atoms with Crippen molar-refractivity contribution in [2.45, 2.75) is 47.1 Å². The van der Waals surface area contributed by atoms with E-state index in [9.17, 15) is 0 Å². The molecule has 0 atom stereocenters. The van der Waals surface area contributed by atoms with Crippen molar-refractivity contribution >= 4 is 5.69 Å². The summed E-state index contributed by atoms with van der Waals surface area (Å²) in [4.78, 5) is 2.64. The van der Waals surface area contributed by atoms with Crippen molar-refractivity contribution in [3.8, 4) is 0 Å². The summed E-state index contributed by atoms with van der Waals surface area (Å²) in [7, 11) is 0. The molecule has 1 aromatic rings. The lowest BCUT2D eigenvalue weighted by atomic mass is 9.58. The summed E-state index contributed by atoms with van der Waals surface area (Å²) < 4.78 is 0. The van der Waals surface area contributed by atoms with Crippen LogP contribution in [0, 0.1) is 10.8 Å². The molecule has 0 saturated carbocycles. The first-order valence-corrected chi connectivity index (χ1v) is 7.73. The van der Waals surface area contributed by atoms with Gasteiger partial charge in [0.25, 0.3) is 0 Å². The molecule has 2 heteroatoms. The minimum Gasteiger partial charge on any atom is -0.362 e. The molecule has 20 heavy (non-hydrogen) atoms. The van der Waals surface area contributed by atoms with E-state index in [0.29, 0.717) is 0 Å². The van der Waals surface area contributed by atoms with Crippen molar-refractivity contribution in [1.82, 2.24) is 5.32 Å². The maximum atomic E-state index is 3.65. The first kappa shape index (κ1) is 15.4. The highest BCUT2D eigenvalue weighted by molar-refractivity contribution is 5.51. The topological polar surface area (TPSA) is 15.3 Å². The zero-order chi connectivity index (χ0) is 15.0. The number of para-hydroxylation sites is 1. The Morgan fingerprint density at radius 1 is 0.950 bits per heavy atom. The number of nitrogens with zero attached hydrogens (tertiary/aromatic N) is 1. The lowest BCUT2D eigenvalue weighted by molar-refractivity contribution is 0.0390. The molecule has 0 spiro atoms. The van der Waals surface area contributed by atoms with Gasteiger partial charge in [0.1, 0.15) is 0 Å². The van der Waals surface area contributed by atoms with Crippen LogP contribution in [-0.4, -0.2) is 25.2 Å². The number of anilines is 1. The molecular formula is C18H30N2. The summed E-state index contributed by atoms with van der Waals surface area (Å²) in [6.07, 6.45) is 0. The van der Waals surface area contributed by atoms with E-state index in [2.05, 4.69) is 82.1 Å². The van der Waals surface area contributed by atoms with Crippen molar-refractivity contribution in [3.63, 3.8) is 0 Å². The van der Waals surface area contributed by atoms with E-state index < -0.39 is 0 Å². The third kappa shape index (κ3) is 2.35. The number of rotatable bonds is 1. The fourth-order valence-electron chi connectivity index (χ4n) is 4.17. The molecule has 0 unspecified atom stereocenters. The van der Waals surface area contributed by atoms with E-state index in [-0.39, 0.29) is 16.4 Å². The molecule has 112 valence electrons. The number of benzene rings is 1. The van der Waals surface area contributed by atoms with Crippen LogP contribution in [0.25, 0.3) is 0 Å².